The van der Waals surface area contributed by atoms with Crippen LogP contribution < -0.4 is 11.4 Å². The first-order valence-corrected chi connectivity index (χ1v) is 4.03. The van der Waals surface area contributed by atoms with Crippen LogP contribution in [-0.2, 0) is 6.54 Å². The Labute approximate surface area is 72.0 Å². The summed E-state index contributed by atoms with van der Waals surface area (Å²) < 4.78 is 1.19. The maximum atomic E-state index is 10.9. The average Bonchev–Trinajstić information content (AvgIpc) is 2.30. The summed E-state index contributed by atoms with van der Waals surface area (Å²) in [6.45, 7) is -0.353. The summed E-state index contributed by atoms with van der Waals surface area (Å²) >= 11 is 0.958. The van der Waals surface area contributed by atoms with Crippen LogP contribution in [0.25, 0.3) is 0 Å². The number of hydrogen-bond donors (Lipinski definition) is 3. The zero-order chi connectivity index (χ0) is 9.14. The summed E-state index contributed by atoms with van der Waals surface area (Å²) in [6.07, 6.45) is -0.942. The third-order valence-electron chi connectivity index (χ3n) is 1.21. The van der Waals surface area contributed by atoms with Crippen molar-refractivity contribution in [3.63, 3.8) is 0 Å². The Morgan fingerprint density at radius 1 is 1.75 bits per heavy atom. The molecule has 12 heavy (non-hydrogen) atoms. The molecular formula is C5H9N3O3S. The van der Waals surface area contributed by atoms with Crippen molar-refractivity contribution >= 4 is 16.7 Å². The monoisotopic (exact) mass is 191 g/mol. The third-order valence-corrected chi connectivity index (χ3v) is 2.01. The second-order valence-corrected chi connectivity index (χ2v) is 3.26. The van der Waals surface area contributed by atoms with Gasteiger partial charge in [0.1, 0.15) is 0 Å². The molecule has 0 aliphatic rings. The van der Waals surface area contributed by atoms with Gasteiger partial charge in [0.15, 0.2) is 0 Å². The van der Waals surface area contributed by atoms with Gasteiger partial charge in [-0.25, -0.2) is 8.75 Å². The van der Waals surface area contributed by atoms with Gasteiger partial charge in [0, 0.05) is 0 Å². The van der Waals surface area contributed by atoms with Crippen LogP contribution in [0.1, 0.15) is 0 Å². The maximum Gasteiger partial charge on any atom is 0.359 e. The van der Waals surface area contributed by atoms with Crippen molar-refractivity contribution in [2.45, 2.75) is 12.6 Å². The fourth-order valence-electron chi connectivity index (χ4n) is 0.687. The molecule has 1 rings (SSSR count). The van der Waals surface area contributed by atoms with E-state index in [1.807, 2.05) is 0 Å². The molecule has 0 bridgehead atoms. The van der Waals surface area contributed by atoms with Crippen LogP contribution in [-0.4, -0.2) is 31.9 Å². The molecule has 6 nitrogen and oxygen atoms in total. The lowest BCUT2D eigenvalue weighted by Crippen LogP contribution is -2.25. The summed E-state index contributed by atoms with van der Waals surface area (Å²) in [6, 6.07) is 0. The summed E-state index contributed by atoms with van der Waals surface area (Å²) in [4.78, 5) is 14.3. The normalized spacial score (nSPS) is 13.2. The molecule has 1 aromatic heterocycles. The largest absolute Gasteiger partial charge is 0.394 e. The zero-order valence-electron chi connectivity index (χ0n) is 6.17. The van der Waals surface area contributed by atoms with Crippen LogP contribution in [0.2, 0.25) is 0 Å². The van der Waals surface area contributed by atoms with Crippen molar-refractivity contribution in [1.82, 2.24) is 8.94 Å². The van der Waals surface area contributed by atoms with Crippen molar-refractivity contribution in [3.05, 3.63) is 10.5 Å². The number of hydrogen-bond acceptors (Lipinski definition) is 6. The molecule has 1 unspecified atom stereocenters. The van der Waals surface area contributed by atoms with Gasteiger partial charge in [0.25, 0.3) is 0 Å². The minimum Gasteiger partial charge on any atom is -0.394 e. The van der Waals surface area contributed by atoms with Crippen molar-refractivity contribution in [3.8, 4) is 0 Å². The van der Waals surface area contributed by atoms with Crippen LogP contribution >= 0.6 is 11.5 Å². The molecule has 1 aromatic rings. The number of aliphatic hydroxyl groups excluding tert-OH is 2. The van der Waals surface area contributed by atoms with E-state index in [1.165, 1.54) is 3.96 Å². The lowest BCUT2D eigenvalue weighted by atomic mass is 10.4. The molecule has 4 N–H and O–H groups in total. The molecule has 1 heterocycles. The third kappa shape index (κ3) is 2.03. The first-order valence-electron chi connectivity index (χ1n) is 3.26. The molecule has 0 aliphatic heterocycles. The van der Waals surface area contributed by atoms with Gasteiger partial charge in [-0.15, -0.1) is 0 Å². The van der Waals surface area contributed by atoms with Crippen molar-refractivity contribution in [1.29, 1.82) is 0 Å². The Morgan fingerprint density at radius 2 is 2.42 bits per heavy atom. The van der Waals surface area contributed by atoms with Crippen LogP contribution in [0, 0.1) is 0 Å². The SMILES string of the molecule is Nc1nc(=O)n(CC(O)CO)s1. The molecule has 0 fully saturated rings. The van der Waals surface area contributed by atoms with E-state index in [4.69, 9.17) is 15.9 Å². The number of anilines is 1. The highest BCUT2D eigenvalue weighted by Gasteiger charge is 2.07. The standard InChI is InChI=1S/C5H9N3O3S/c6-4-7-5(11)8(12-4)1-3(10)2-9/h3,9-10H,1-2H2,(H2,6,7,11). The number of nitrogens with zero attached hydrogens (tertiary/aromatic N) is 2. The second-order valence-electron chi connectivity index (χ2n) is 2.22. The first-order chi connectivity index (χ1) is 5.63. The molecule has 0 aromatic carbocycles. The fraction of sp³-hybridized carbons (Fsp3) is 0.600. The molecule has 0 aliphatic carbocycles. The highest BCUT2D eigenvalue weighted by molar-refractivity contribution is 7.10. The van der Waals surface area contributed by atoms with Gasteiger partial charge < -0.3 is 15.9 Å². The van der Waals surface area contributed by atoms with E-state index in [-0.39, 0.29) is 18.3 Å². The molecule has 0 spiro atoms. The summed E-state index contributed by atoms with van der Waals surface area (Å²) in [5.41, 5.74) is 4.74. The van der Waals surface area contributed by atoms with E-state index in [0.717, 1.165) is 11.5 Å². The van der Waals surface area contributed by atoms with Crippen molar-refractivity contribution in [2.75, 3.05) is 12.3 Å². The summed E-state index contributed by atoms with van der Waals surface area (Å²) in [5.74, 6) is 0. The van der Waals surface area contributed by atoms with Crippen LogP contribution in [0.5, 0.6) is 0 Å². The lowest BCUT2D eigenvalue weighted by Gasteiger charge is -2.04. The fourth-order valence-corrected chi connectivity index (χ4v) is 1.40. The lowest BCUT2D eigenvalue weighted by molar-refractivity contribution is 0.0827. The second kappa shape index (κ2) is 3.65. The molecule has 7 heteroatoms. The maximum absolute atomic E-state index is 10.9. The van der Waals surface area contributed by atoms with Crippen molar-refractivity contribution in [2.24, 2.45) is 0 Å². The quantitative estimate of drug-likeness (QED) is 0.525. The number of nitrogens with two attached hydrogens (primary N) is 1. The van der Waals surface area contributed by atoms with Crippen LogP contribution in [0.15, 0.2) is 4.79 Å². The minimum atomic E-state index is -0.942. The number of rotatable bonds is 3. The van der Waals surface area contributed by atoms with E-state index in [1.54, 1.807) is 0 Å². The predicted molar refractivity (Wildman–Crippen MR) is 43.9 cm³/mol. The predicted octanol–water partition coefficient (Wildman–Crippen LogP) is -1.76. The molecule has 1 atom stereocenters. The van der Waals surface area contributed by atoms with E-state index in [9.17, 15) is 4.79 Å². The van der Waals surface area contributed by atoms with E-state index in [0.29, 0.717) is 0 Å². The molecule has 0 saturated heterocycles. The van der Waals surface area contributed by atoms with Crippen molar-refractivity contribution < 1.29 is 10.2 Å². The highest BCUT2D eigenvalue weighted by atomic mass is 32.1. The topological polar surface area (TPSA) is 101 Å². The van der Waals surface area contributed by atoms with Crippen LogP contribution in [0.3, 0.4) is 0 Å². The van der Waals surface area contributed by atoms with Gasteiger partial charge in [-0.2, -0.15) is 4.98 Å². The van der Waals surface area contributed by atoms with Gasteiger partial charge in [-0.1, -0.05) is 0 Å². The summed E-state index contributed by atoms with van der Waals surface area (Å²) in [5, 5.41) is 17.6. The minimum absolute atomic E-state index is 0.0319. The smallest absolute Gasteiger partial charge is 0.359 e. The number of aliphatic hydroxyl groups is 2. The summed E-state index contributed by atoms with van der Waals surface area (Å²) in [7, 11) is 0. The molecule has 0 amide bonds. The molecule has 0 saturated carbocycles. The average molecular weight is 191 g/mol. The van der Waals surface area contributed by atoms with Gasteiger partial charge in [-0.05, 0) is 11.5 Å². The molecule has 68 valence electrons. The van der Waals surface area contributed by atoms with E-state index in [2.05, 4.69) is 4.98 Å². The van der Waals surface area contributed by atoms with Gasteiger partial charge >= 0.3 is 5.69 Å². The zero-order valence-corrected chi connectivity index (χ0v) is 6.99. The Hall–Kier alpha value is -0.920. The van der Waals surface area contributed by atoms with E-state index >= 15 is 0 Å². The van der Waals surface area contributed by atoms with E-state index < -0.39 is 11.8 Å². The Kier molecular flexibility index (Phi) is 2.79. The van der Waals surface area contributed by atoms with Gasteiger partial charge in [0.05, 0.1) is 19.3 Å². The first kappa shape index (κ1) is 9.17. The molecular weight excluding hydrogens is 182 g/mol. The van der Waals surface area contributed by atoms with Crippen LogP contribution in [0.4, 0.5) is 5.13 Å². The van der Waals surface area contributed by atoms with Gasteiger partial charge in [-0.3, -0.25) is 0 Å². The Bertz CT molecular complexity index is 307. The Balaban J connectivity index is 2.75. The Morgan fingerprint density at radius 3 is 2.83 bits per heavy atom. The number of aromatic nitrogens is 2. The molecule has 0 radical (unpaired) electrons. The van der Waals surface area contributed by atoms with Gasteiger partial charge in [0.2, 0.25) is 5.13 Å². The number of nitrogen functional groups attached to an aromatic ring is 1. The highest BCUT2D eigenvalue weighted by Crippen LogP contribution is 2.02.